The van der Waals surface area contributed by atoms with Crippen LogP contribution in [0.15, 0.2) is 40.9 Å². The minimum atomic E-state index is 0.396. The van der Waals surface area contributed by atoms with Crippen LogP contribution in [0.3, 0.4) is 0 Å². The van der Waals surface area contributed by atoms with Gasteiger partial charge in [0.1, 0.15) is 0 Å². The van der Waals surface area contributed by atoms with Gasteiger partial charge < -0.3 is 5.32 Å². The molecule has 0 bridgehead atoms. The fraction of sp³-hybridized carbons (Fsp3) is 0.286. The van der Waals surface area contributed by atoms with E-state index in [0.717, 1.165) is 6.42 Å². The van der Waals surface area contributed by atoms with E-state index in [9.17, 15) is 0 Å². The van der Waals surface area contributed by atoms with Gasteiger partial charge in [0.15, 0.2) is 0 Å². The Morgan fingerprint density at radius 2 is 2.00 bits per heavy atom. The van der Waals surface area contributed by atoms with E-state index in [2.05, 4.69) is 64.6 Å². The monoisotopic (exact) mass is 309 g/mol. The fourth-order valence-corrected chi connectivity index (χ4v) is 3.30. The van der Waals surface area contributed by atoms with Crippen molar-refractivity contribution in [1.82, 2.24) is 5.32 Å². The Balaban J connectivity index is 2.18. The van der Waals surface area contributed by atoms with Crippen LogP contribution < -0.4 is 5.32 Å². The lowest BCUT2D eigenvalue weighted by molar-refractivity contribution is 0.601. The zero-order valence-electron chi connectivity index (χ0n) is 10.0. The average molecular weight is 310 g/mol. The van der Waals surface area contributed by atoms with Gasteiger partial charge in [-0.3, -0.25) is 0 Å². The van der Waals surface area contributed by atoms with E-state index >= 15 is 0 Å². The summed E-state index contributed by atoms with van der Waals surface area (Å²) in [7, 11) is 2.02. The van der Waals surface area contributed by atoms with Crippen LogP contribution in [-0.4, -0.2) is 7.05 Å². The Morgan fingerprint density at radius 1 is 1.24 bits per heavy atom. The van der Waals surface area contributed by atoms with Crippen LogP contribution in [-0.2, 0) is 6.42 Å². The molecule has 2 aromatic rings. The Kier molecular flexibility index (Phi) is 4.37. The van der Waals surface area contributed by atoms with Crippen LogP contribution in [0.25, 0.3) is 0 Å². The first-order chi connectivity index (χ1) is 8.20. The topological polar surface area (TPSA) is 12.0 Å². The van der Waals surface area contributed by atoms with Gasteiger partial charge in [-0.25, -0.2) is 0 Å². The van der Waals surface area contributed by atoms with Crippen LogP contribution in [0.5, 0.6) is 0 Å². The molecule has 1 atom stereocenters. The smallest absolute Gasteiger partial charge is 0.0453 e. The summed E-state index contributed by atoms with van der Waals surface area (Å²) in [6, 6.07) is 13.2. The maximum atomic E-state index is 3.61. The van der Waals surface area contributed by atoms with Crippen molar-refractivity contribution in [2.24, 2.45) is 0 Å². The molecule has 0 saturated heterocycles. The maximum Gasteiger partial charge on any atom is 0.0453 e. The minimum Gasteiger partial charge on any atom is -0.312 e. The number of likely N-dealkylation sites (N-methyl/N-ethyl adjacent to an activating group) is 1. The summed E-state index contributed by atoms with van der Waals surface area (Å²) < 4.78 is 1.19. The third-order valence-electron chi connectivity index (χ3n) is 2.83. The van der Waals surface area contributed by atoms with Crippen molar-refractivity contribution >= 4 is 27.3 Å². The standard InChI is InChI=1S/C14H16BrNS/c1-10-7-8-14(17-10)13(16-2)9-11-5-3-4-6-12(11)15/h3-8,13,16H,9H2,1-2H3. The number of thiophene rings is 1. The molecule has 3 heteroatoms. The first-order valence-corrected chi connectivity index (χ1v) is 7.28. The summed E-state index contributed by atoms with van der Waals surface area (Å²) in [4.78, 5) is 2.77. The summed E-state index contributed by atoms with van der Waals surface area (Å²) in [5.74, 6) is 0. The van der Waals surface area contributed by atoms with Crippen LogP contribution in [0, 0.1) is 6.92 Å². The summed E-state index contributed by atoms with van der Waals surface area (Å²) in [5, 5.41) is 3.40. The van der Waals surface area contributed by atoms with Crippen molar-refractivity contribution in [2.75, 3.05) is 7.05 Å². The van der Waals surface area contributed by atoms with Gasteiger partial charge in [-0.2, -0.15) is 0 Å². The molecule has 0 saturated carbocycles. The molecule has 1 nitrogen and oxygen atoms in total. The second-order valence-electron chi connectivity index (χ2n) is 4.09. The molecule has 2 rings (SSSR count). The molecule has 1 unspecified atom stereocenters. The Hall–Kier alpha value is -0.640. The number of benzene rings is 1. The van der Waals surface area contributed by atoms with Crippen molar-refractivity contribution in [3.63, 3.8) is 0 Å². The lowest BCUT2D eigenvalue weighted by Crippen LogP contribution is -2.17. The molecule has 0 radical (unpaired) electrons. The van der Waals surface area contributed by atoms with Gasteiger partial charge in [0.25, 0.3) is 0 Å². The molecule has 0 spiro atoms. The van der Waals surface area contributed by atoms with E-state index in [1.54, 1.807) is 0 Å². The molecule has 0 aliphatic heterocycles. The van der Waals surface area contributed by atoms with Crippen LogP contribution in [0.4, 0.5) is 0 Å². The Labute approximate surface area is 115 Å². The van der Waals surface area contributed by atoms with E-state index in [1.807, 2.05) is 18.4 Å². The second-order valence-corrected chi connectivity index (χ2v) is 6.26. The van der Waals surface area contributed by atoms with Crippen molar-refractivity contribution in [3.8, 4) is 0 Å². The molecule has 1 aromatic heterocycles. The normalized spacial score (nSPS) is 12.6. The maximum absolute atomic E-state index is 3.61. The average Bonchev–Trinajstić information content (AvgIpc) is 2.75. The minimum absolute atomic E-state index is 0.396. The number of hydrogen-bond donors (Lipinski definition) is 1. The van der Waals surface area contributed by atoms with Gasteiger partial charge >= 0.3 is 0 Å². The molecule has 1 heterocycles. The summed E-state index contributed by atoms with van der Waals surface area (Å²) in [6.45, 7) is 2.15. The van der Waals surface area contributed by atoms with Crippen LogP contribution in [0.2, 0.25) is 0 Å². The molecular formula is C14H16BrNS. The number of hydrogen-bond acceptors (Lipinski definition) is 2. The summed E-state index contributed by atoms with van der Waals surface area (Å²) >= 11 is 5.48. The second kappa shape index (κ2) is 5.80. The summed E-state index contributed by atoms with van der Waals surface area (Å²) in [5.41, 5.74) is 1.35. The number of halogens is 1. The highest BCUT2D eigenvalue weighted by molar-refractivity contribution is 9.10. The van der Waals surface area contributed by atoms with Crippen molar-refractivity contribution in [3.05, 3.63) is 56.2 Å². The molecule has 90 valence electrons. The van der Waals surface area contributed by atoms with E-state index in [1.165, 1.54) is 19.8 Å². The summed E-state index contributed by atoms with van der Waals surface area (Å²) in [6.07, 6.45) is 1.01. The van der Waals surface area contributed by atoms with E-state index in [0.29, 0.717) is 6.04 Å². The third-order valence-corrected chi connectivity index (χ3v) is 4.72. The SMILES string of the molecule is CNC(Cc1ccccc1Br)c1ccc(C)s1. The number of rotatable bonds is 4. The molecule has 1 N–H and O–H groups in total. The zero-order valence-corrected chi connectivity index (χ0v) is 12.4. The van der Waals surface area contributed by atoms with Crippen LogP contribution >= 0.6 is 27.3 Å². The first kappa shape index (κ1) is 12.8. The Morgan fingerprint density at radius 3 is 2.59 bits per heavy atom. The molecule has 0 fully saturated rings. The van der Waals surface area contributed by atoms with Gasteiger partial charge in [0.2, 0.25) is 0 Å². The largest absolute Gasteiger partial charge is 0.312 e. The highest BCUT2D eigenvalue weighted by atomic mass is 79.9. The predicted octanol–water partition coefficient (Wildman–Crippen LogP) is 4.32. The van der Waals surface area contributed by atoms with E-state index in [4.69, 9.17) is 0 Å². The highest BCUT2D eigenvalue weighted by Gasteiger charge is 2.13. The Bertz CT molecular complexity index is 492. The molecule has 0 aliphatic carbocycles. The van der Waals surface area contributed by atoms with E-state index in [-0.39, 0.29) is 0 Å². The lowest BCUT2D eigenvalue weighted by atomic mass is 10.1. The van der Waals surface area contributed by atoms with Crippen molar-refractivity contribution in [2.45, 2.75) is 19.4 Å². The van der Waals surface area contributed by atoms with E-state index < -0.39 is 0 Å². The van der Waals surface area contributed by atoms with Crippen LogP contribution in [0.1, 0.15) is 21.4 Å². The zero-order chi connectivity index (χ0) is 12.3. The quantitative estimate of drug-likeness (QED) is 0.886. The molecule has 1 aromatic carbocycles. The molecule has 0 aliphatic rings. The van der Waals surface area contributed by atoms with Gasteiger partial charge in [0, 0.05) is 20.3 Å². The highest BCUT2D eigenvalue weighted by Crippen LogP contribution is 2.27. The number of nitrogens with one attached hydrogen (secondary N) is 1. The number of aryl methyl sites for hydroxylation is 1. The first-order valence-electron chi connectivity index (χ1n) is 5.67. The lowest BCUT2D eigenvalue weighted by Gasteiger charge is -2.15. The molecule has 17 heavy (non-hydrogen) atoms. The fourth-order valence-electron chi connectivity index (χ4n) is 1.87. The third kappa shape index (κ3) is 3.18. The van der Waals surface area contributed by atoms with Gasteiger partial charge in [-0.05, 0) is 44.2 Å². The van der Waals surface area contributed by atoms with Crippen molar-refractivity contribution in [1.29, 1.82) is 0 Å². The van der Waals surface area contributed by atoms with Gasteiger partial charge in [-0.1, -0.05) is 34.1 Å². The molecular weight excluding hydrogens is 294 g/mol. The van der Waals surface area contributed by atoms with Crippen molar-refractivity contribution < 1.29 is 0 Å². The van der Waals surface area contributed by atoms with Gasteiger partial charge in [-0.15, -0.1) is 11.3 Å². The molecule has 0 amide bonds. The van der Waals surface area contributed by atoms with Gasteiger partial charge in [0.05, 0.1) is 0 Å². The predicted molar refractivity (Wildman–Crippen MR) is 78.7 cm³/mol.